The molecule has 0 aliphatic heterocycles. The third kappa shape index (κ3) is 4.71. The van der Waals surface area contributed by atoms with E-state index in [0.29, 0.717) is 17.6 Å². The molecule has 7 heteroatoms. The van der Waals surface area contributed by atoms with Gasteiger partial charge in [-0.1, -0.05) is 127 Å². The fraction of sp³-hybridized carbons (Fsp3) is 0. The van der Waals surface area contributed by atoms with Gasteiger partial charge in [-0.15, -0.1) is 11.3 Å². The summed E-state index contributed by atoms with van der Waals surface area (Å²) < 4.78 is 13.6. The smallest absolute Gasteiger partial charge is 0.238 e. The summed E-state index contributed by atoms with van der Waals surface area (Å²) in [6.45, 7) is 0. The highest BCUT2D eigenvalue weighted by Gasteiger charge is 2.26. The first kappa shape index (κ1) is 33.7. The molecule has 0 radical (unpaired) electrons. The number of hydrogen-bond acceptors (Lipinski definition) is 5. The number of hydrogen-bond donors (Lipinski definition) is 0. The molecular weight excluding hydrogens is 779 g/mol. The van der Waals surface area contributed by atoms with Gasteiger partial charge in [0.1, 0.15) is 11.2 Å². The van der Waals surface area contributed by atoms with Gasteiger partial charge < -0.3 is 8.98 Å². The molecule has 288 valence electrons. The van der Waals surface area contributed by atoms with E-state index in [-0.39, 0.29) is 0 Å². The second-order valence-electron chi connectivity index (χ2n) is 15.9. The lowest BCUT2D eigenvalue weighted by molar-refractivity contribution is 0.669. The largest absolute Gasteiger partial charge is 0.456 e. The number of para-hydroxylation sites is 4. The van der Waals surface area contributed by atoms with Crippen LogP contribution in [0, 0.1) is 0 Å². The molecule has 5 heterocycles. The molecule has 14 aromatic rings. The molecule has 14 rings (SSSR count). The zero-order valence-corrected chi connectivity index (χ0v) is 33.8. The van der Waals surface area contributed by atoms with Crippen molar-refractivity contribution in [3.8, 4) is 34.4 Å². The Morgan fingerprint density at radius 1 is 0.403 bits per heavy atom. The molecule has 0 atom stereocenters. The Labute approximate surface area is 357 Å². The van der Waals surface area contributed by atoms with Crippen LogP contribution in [0.15, 0.2) is 192 Å². The van der Waals surface area contributed by atoms with Crippen LogP contribution in [0.4, 0.5) is 0 Å². The molecule has 0 aliphatic rings. The maximum absolute atomic E-state index is 6.66. The lowest BCUT2D eigenvalue weighted by atomic mass is 10.0. The summed E-state index contributed by atoms with van der Waals surface area (Å²) in [4.78, 5) is 16.7. The van der Waals surface area contributed by atoms with E-state index in [9.17, 15) is 0 Å². The molecule has 0 saturated carbocycles. The third-order valence-corrected chi connectivity index (χ3v) is 13.8. The Morgan fingerprint density at radius 3 is 1.77 bits per heavy atom. The van der Waals surface area contributed by atoms with Crippen LogP contribution in [0.3, 0.4) is 0 Å². The lowest BCUT2D eigenvalue weighted by Crippen LogP contribution is -2.08. The quantitative estimate of drug-likeness (QED) is 0.178. The number of fused-ring (bicyclic) bond motifs is 13. The Balaban J connectivity index is 1.16. The summed E-state index contributed by atoms with van der Waals surface area (Å²) in [5.41, 5.74) is 8.61. The van der Waals surface area contributed by atoms with Crippen LogP contribution in [0.2, 0.25) is 0 Å². The minimum atomic E-state index is 0.546. The van der Waals surface area contributed by atoms with Crippen LogP contribution in [0.25, 0.3) is 131 Å². The summed E-state index contributed by atoms with van der Waals surface area (Å²) in [6.07, 6.45) is 0. The van der Waals surface area contributed by atoms with Gasteiger partial charge in [-0.3, -0.25) is 4.57 Å². The van der Waals surface area contributed by atoms with Crippen molar-refractivity contribution < 1.29 is 4.42 Å². The molecule has 0 saturated heterocycles. The van der Waals surface area contributed by atoms with E-state index < -0.39 is 0 Å². The summed E-state index contributed by atoms with van der Waals surface area (Å²) in [6, 6.07) is 66.6. The molecule has 0 aliphatic carbocycles. The number of thiophene rings is 1. The van der Waals surface area contributed by atoms with E-state index in [0.717, 1.165) is 76.3 Å². The summed E-state index contributed by atoms with van der Waals surface area (Å²) in [5.74, 6) is 1.71. The molecule has 5 aromatic heterocycles. The van der Waals surface area contributed by atoms with Crippen molar-refractivity contribution in [2.24, 2.45) is 0 Å². The fourth-order valence-corrected chi connectivity index (χ4v) is 11.1. The van der Waals surface area contributed by atoms with Gasteiger partial charge in [0.2, 0.25) is 5.95 Å². The lowest BCUT2D eigenvalue weighted by Gasteiger charge is -2.16. The highest BCUT2D eigenvalue weighted by atomic mass is 32.1. The highest BCUT2D eigenvalue weighted by molar-refractivity contribution is 7.26. The van der Waals surface area contributed by atoms with Crippen molar-refractivity contribution in [2.75, 3.05) is 0 Å². The van der Waals surface area contributed by atoms with Crippen LogP contribution in [-0.4, -0.2) is 24.1 Å². The monoisotopic (exact) mass is 809 g/mol. The highest BCUT2D eigenvalue weighted by Crippen LogP contribution is 2.45. The van der Waals surface area contributed by atoms with E-state index in [1.165, 1.54) is 37.0 Å². The van der Waals surface area contributed by atoms with Crippen molar-refractivity contribution in [1.82, 2.24) is 24.1 Å². The maximum Gasteiger partial charge on any atom is 0.238 e. The predicted octanol–water partition coefficient (Wildman–Crippen LogP) is 14.8. The number of benzene rings is 9. The van der Waals surface area contributed by atoms with Crippen LogP contribution in [-0.2, 0) is 0 Å². The van der Waals surface area contributed by atoms with E-state index >= 15 is 0 Å². The SMILES string of the molecule is c1ccc2cc3c(cc2c1)c1ccccc1n3-c1ccc2oc3ccccc3c2c1-c1nc(-c2cccc3c2sc2ccccc23)nc(-n2c3ccccc3c3ccccc32)n1. The van der Waals surface area contributed by atoms with E-state index in [2.05, 4.69) is 185 Å². The van der Waals surface area contributed by atoms with Gasteiger partial charge in [-0.2, -0.15) is 9.97 Å². The molecule has 9 aromatic carbocycles. The minimum absolute atomic E-state index is 0.546. The predicted molar refractivity (Wildman–Crippen MR) is 257 cm³/mol. The molecule has 0 amide bonds. The molecule has 6 nitrogen and oxygen atoms in total. The number of aromatic nitrogens is 5. The number of rotatable bonds is 4. The first-order valence-electron chi connectivity index (χ1n) is 20.8. The summed E-state index contributed by atoms with van der Waals surface area (Å²) in [7, 11) is 0. The van der Waals surface area contributed by atoms with E-state index in [1.54, 1.807) is 11.3 Å². The second kappa shape index (κ2) is 12.7. The van der Waals surface area contributed by atoms with Gasteiger partial charge in [-0.05, 0) is 71.4 Å². The third-order valence-electron chi connectivity index (χ3n) is 12.6. The van der Waals surface area contributed by atoms with Gasteiger partial charge in [0.15, 0.2) is 11.6 Å². The van der Waals surface area contributed by atoms with Gasteiger partial charge >= 0.3 is 0 Å². The Hall–Kier alpha value is -8.13. The first-order valence-corrected chi connectivity index (χ1v) is 21.6. The van der Waals surface area contributed by atoms with Crippen molar-refractivity contribution >= 4 is 108 Å². The average molecular weight is 810 g/mol. The minimum Gasteiger partial charge on any atom is -0.456 e. The Bertz CT molecular complexity index is 4130. The first-order chi connectivity index (χ1) is 30.7. The van der Waals surface area contributed by atoms with Gasteiger partial charge in [0.05, 0.1) is 33.3 Å². The maximum atomic E-state index is 6.66. The summed E-state index contributed by atoms with van der Waals surface area (Å²) in [5, 5.41) is 11.4. The molecule has 0 unspecified atom stereocenters. The fourth-order valence-electron chi connectivity index (χ4n) is 9.89. The second-order valence-corrected chi connectivity index (χ2v) is 17.0. The van der Waals surface area contributed by atoms with E-state index in [1.807, 2.05) is 12.1 Å². The van der Waals surface area contributed by atoms with Crippen LogP contribution in [0.5, 0.6) is 0 Å². The topological polar surface area (TPSA) is 61.7 Å². The number of nitrogens with zero attached hydrogens (tertiary/aromatic N) is 5. The Kier molecular flexibility index (Phi) is 6.89. The number of furan rings is 1. The zero-order valence-electron chi connectivity index (χ0n) is 33.0. The molecule has 0 fully saturated rings. The summed E-state index contributed by atoms with van der Waals surface area (Å²) >= 11 is 1.78. The Morgan fingerprint density at radius 2 is 1.00 bits per heavy atom. The molecule has 0 bridgehead atoms. The normalized spacial score (nSPS) is 12.2. The standard InChI is InChI=1S/C55H31N5OS/c1-2-15-33-31-46-41(30-32(33)14-1)36-18-5-8-23-42(36)59(46)45-28-29-48-50(39-20-6-11-26-47(39)61-48)51(45)54-56-53(40-22-13-21-38-37-19-7-12-27-49(37)62-52(38)40)57-55(58-54)60-43-24-9-3-16-34(43)35-17-4-10-25-44(35)60/h1-31H. The van der Waals surface area contributed by atoms with Crippen LogP contribution in [0.1, 0.15) is 0 Å². The zero-order chi connectivity index (χ0) is 40.5. The average Bonchev–Trinajstić information content (AvgIpc) is 4.08. The van der Waals surface area contributed by atoms with Gasteiger partial charge in [0, 0.05) is 58.1 Å². The van der Waals surface area contributed by atoms with E-state index in [4.69, 9.17) is 19.4 Å². The van der Waals surface area contributed by atoms with Crippen molar-refractivity contribution in [3.05, 3.63) is 188 Å². The van der Waals surface area contributed by atoms with Gasteiger partial charge in [-0.25, -0.2) is 4.98 Å². The van der Waals surface area contributed by atoms with Crippen molar-refractivity contribution in [2.45, 2.75) is 0 Å². The van der Waals surface area contributed by atoms with Crippen molar-refractivity contribution in [1.29, 1.82) is 0 Å². The molecule has 0 N–H and O–H groups in total. The van der Waals surface area contributed by atoms with Crippen LogP contribution < -0.4 is 0 Å². The van der Waals surface area contributed by atoms with Crippen LogP contribution >= 0.6 is 11.3 Å². The van der Waals surface area contributed by atoms with Crippen molar-refractivity contribution in [3.63, 3.8) is 0 Å². The molecule has 62 heavy (non-hydrogen) atoms. The molecular formula is C55H31N5OS. The molecule has 0 spiro atoms. The van der Waals surface area contributed by atoms with Gasteiger partial charge in [0.25, 0.3) is 0 Å².